The number of aliphatic hydroxyl groups is 1. The summed E-state index contributed by atoms with van der Waals surface area (Å²) < 4.78 is 12.1. The van der Waals surface area contributed by atoms with Crippen LogP contribution in [-0.4, -0.2) is 71.3 Å². The number of hydrogen-bond acceptors (Lipinski definition) is 6. The summed E-state index contributed by atoms with van der Waals surface area (Å²) in [6.45, 7) is 13.8. The van der Waals surface area contributed by atoms with Crippen LogP contribution in [-0.2, 0) is 23.9 Å². The Kier molecular flexibility index (Phi) is 7.62. The summed E-state index contributed by atoms with van der Waals surface area (Å²) in [4.78, 5) is 45.0. The van der Waals surface area contributed by atoms with Crippen molar-refractivity contribution >= 4 is 23.5 Å². The lowest BCUT2D eigenvalue weighted by Gasteiger charge is -2.37. The van der Waals surface area contributed by atoms with Gasteiger partial charge in [-0.1, -0.05) is 36.9 Å². The Balaban J connectivity index is 1.80. The van der Waals surface area contributed by atoms with Gasteiger partial charge in [0.15, 0.2) is 0 Å². The molecule has 3 fully saturated rings. The van der Waals surface area contributed by atoms with Gasteiger partial charge in [0.1, 0.15) is 24.2 Å². The minimum atomic E-state index is -1.13. The highest BCUT2D eigenvalue weighted by atomic mass is 16.6. The second kappa shape index (κ2) is 10.4. The van der Waals surface area contributed by atoms with Crippen LogP contribution in [0.4, 0.5) is 5.69 Å². The van der Waals surface area contributed by atoms with E-state index in [1.165, 1.54) is 6.08 Å². The van der Waals surface area contributed by atoms with Crippen LogP contribution in [0, 0.1) is 25.7 Å². The highest BCUT2D eigenvalue weighted by Crippen LogP contribution is 2.63. The maximum atomic E-state index is 14.5. The number of rotatable bonds is 11. The van der Waals surface area contributed by atoms with Gasteiger partial charge >= 0.3 is 5.97 Å². The van der Waals surface area contributed by atoms with E-state index in [-0.39, 0.29) is 38.1 Å². The molecule has 0 radical (unpaired) electrons. The van der Waals surface area contributed by atoms with Crippen molar-refractivity contribution in [2.75, 3.05) is 31.2 Å². The van der Waals surface area contributed by atoms with E-state index in [2.05, 4.69) is 13.2 Å². The first kappa shape index (κ1) is 27.1. The Hall–Kier alpha value is -2.97. The van der Waals surface area contributed by atoms with Crippen LogP contribution in [0.5, 0.6) is 0 Å². The molecule has 1 N–H and O–H groups in total. The quantitative estimate of drug-likeness (QED) is 0.279. The molecule has 2 bridgehead atoms. The van der Waals surface area contributed by atoms with Crippen LogP contribution in [0.25, 0.3) is 0 Å². The largest absolute Gasteiger partial charge is 0.461 e. The summed E-state index contributed by atoms with van der Waals surface area (Å²) in [7, 11) is 0. The predicted molar refractivity (Wildman–Crippen MR) is 140 cm³/mol. The highest BCUT2D eigenvalue weighted by Gasteiger charge is 2.78. The zero-order valence-electron chi connectivity index (χ0n) is 22.1. The Labute approximate surface area is 218 Å². The molecule has 3 aliphatic heterocycles. The Morgan fingerprint density at radius 2 is 1.92 bits per heavy atom. The number of aryl methyl sites for hydroxylation is 2. The maximum absolute atomic E-state index is 14.5. The van der Waals surface area contributed by atoms with E-state index in [0.29, 0.717) is 25.7 Å². The lowest BCUT2D eigenvalue weighted by Crippen LogP contribution is -2.56. The van der Waals surface area contributed by atoms with E-state index in [4.69, 9.17) is 9.47 Å². The number of likely N-dealkylation sites (tertiary alicyclic amines) is 1. The fourth-order valence-corrected chi connectivity index (χ4v) is 6.73. The number of nitrogens with zero attached hydrogens (tertiary/aromatic N) is 2. The predicted octanol–water partition coefficient (Wildman–Crippen LogP) is 3.09. The third kappa shape index (κ3) is 4.30. The molecule has 1 spiro atoms. The van der Waals surface area contributed by atoms with Gasteiger partial charge in [0.05, 0.1) is 11.5 Å². The lowest BCUT2D eigenvalue weighted by atomic mass is 9.66. The van der Waals surface area contributed by atoms with Crippen LogP contribution >= 0.6 is 0 Å². The van der Waals surface area contributed by atoms with E-state index in [1.54, 1.807) is 15.9 Å². The summed E-state index contributed by atoms with van der Waals surface area (Å²) in [6, 6.07) is 4.95. The molecule has 200 valence electrons. The average Bonchev–Trinajstić information content (AvgIpc) is 3.42. The van der Waals surface area contributed by atoms with Crippen molar-refractivity contribution in [1.82, 2.24) is 4.90 Å². The molecule has 0 aromatic heterocycles. The van der Waals surface area contributed by atoms with Crippen molar-refractivity contribution in [3.8, 4) is 0 Å². The van der Waals surface area contributed by atoms with Gasteiger partial charge in [0.25, 0.3) is 5.91 Å². The van der Waals surface area contributed by atoms with Crippen LogP contribution in [0.2, 0.25) is 0 Å². The van der Waals surface area contributed by atoms with Crippen LogP contribution in [0.15, 0.2) is 43.5 Å². The van der Waals surface area contributed by atoms with Crippen molar-refractivity contribution in [3.05, 3.63) is 54.6 Å². The first-order valence-electron chi connectivity index (χ1n) is 13.0. The first-order valence-corrected chi connectivity index (χ1v) is 13.0. The fraction of sp³-hybridized carbons (Fsp3) is 0.552. The fourth-order valence-electron chi connectivity index (χ4n) is 6.73. The number of carbonyl (C=O) groups excluding carboxylic acids is 3. The van der Waals surface area contributed by atoms with Crippen molar-refractivity contribution in [3.63, 3.8) is 0 Å². The molecule has 1 aromatic rings. The standard InChI is InChI=1S/C29H38N2O6/c1-6-15-30(23-19(3)11-10-12-20(23)4)26(34)24-29-14-13-28(5,37-29)22(27(35)36-18-7-2)21(29)25(33)31(24)16-8-9-17-32/h6-7,10-12,21-22,24,32H,1-2,8-9,13-18H2,3-5H3/t21-,22+,24?,28-,29?/m0/s1. The molecule has 4 rings (SSSR count). The minimum absolute atomic E-state index is 0.00865. The number of para-hydroxylation sites is 1. The summed E-state index contributed by atoms with van der Waals surface area (Å²) in [5, 5.41) is 9.36. The number of unbranched alkanes of at least 4 members (excludes halogenated alkanes) is 1. The van der Waals surface area contributed by atoms with Gasteiger partial charge in [-0.3, -0.25) is 14.4 Å². The highest BCUT2D eigenvalue weighted by molar-refractivity contribution is 6.05. The van der Waals surface area contributed by atoms with E-state index >= 15 is 0 Å². The number of esters is 1. The van der Waals surface area contributed by atoms with E-state index < -0.39 is 35.0 Å². The molecule has 0 saturated carbocycles. The van der Waals surface area contributed by atoms with Gasteiger partial charge in [-0.2, -0.15) is 0 Å². The Morgan fingerprint density at radius 3 is 2.54 bits per heavy atom. The zero-order chi connectivity index (χ0) is 27.0. The van der Waals surface area contributed by atoms with Crippen molar-refractivity contribution in [2.24, 2.45) is 11.8 Å². The summed E-state index contributed by atoms with van der Waals surface area (Å²) in [5.41, 5.74) is 0.645. The number of ether oxygens (including phenoxy) is 2. The van der Waals surface area contributed by atoms with Gasteiger partial charge in [-0.05, 0) is 57.6 Å². The number of hydrogen-bond donors (Lipinski definition) is 1. The van der Waals surface area contributed by atoms with E-state index in [9.17, 15) is 19.5 Å². The van der Waals surface area contributed by atoms with Crippen LogP contribution in [0.1, 0.15) is 43.7 Å². The number of amides is 2. The minimum Gasteiger partial charge on any atom is -0.461 e. The van der Waals surface area contributed by atoms with Gasteiger partial charge in [0, 0.05) is 25.4 Å². The molecule has 1 aromatic carbocycles. The first-order chi connectivity index (χ1) is 17.7. The monoisotopic (exact) mass is 510 g/mol. The lowest BCUT2D eigenvalue weighted by molar-refractivity contribution is -0.158. The average molecular weight is 511 g/mol. The zero-order valence-corrected chi connectivity index (χ0v) is 22.1. The third-order valence-electron chi connectivity index (χ3n) is 8.20. The molecule has 0 aliphatic carbocycles. The van der Waals surface area contributed by atoms with Crippen molar-refractivity contribution in [2.45, 2.75) is 63.7 Å². The Bertz CT molecular complexity index is 1080. The summed E-state index contributed by atoms with van der Waals surface area (Å²) in [5.74, 6) is -2.62. The number of aliphatic hydroxyl groups excluding tert-OH is 1. The molecule has 3 saturated heterocycles. The molecule has 8 nitrogen and oxygen atoms in total. The number of carbonyl (C=O) groups is 3. The molecule has 3 aliphatic rings. The van der Waals surface area contributed by atoms with Gasteiger partial charge in [-0.15, -0.1) is 6.58 Å². The van der Waals surface area contributed by atoms with Crippen molar-refractivity contribution in [1.29, 1.82) is 0 Å². The Morgan fingerprint density at radius 1 is 1.22 bits per heavy atom. The van der Waals surface area contributed by atoms with E-state index in [0.717, 1.165) is 16.8 Å². The topological polar surface area (TPSA) is 96.4 Å². The van der Waals surface area contributed by atoms with Crippen molar-refractivity contribution < 1.29 is 29.0 Å². The van der Waals surface area contributed by atoms with Gasteiger partial charge in [0.2, 0.25) is 5.91 Å². The summed E-state index contributed by atoms with van der Waals surface area (Å²) in [6.07, 6.45) is 5.24. The van der Waals surface area contributed by atoms with E-state index in [1.807, 2.05) is 39.0 Å². The normalized spacial score (nSPS) is 29.8. The molecular formula is C29H38N2O6. The second-order valence-corrected chi connectivity index (χ2v) is 10.6. The molecular weight excluding hydrogens is 472 g/mol. The number of benzene rings is 1. The van der Waals surface area contributed by atoms with Crippen LogP contribution < -0.4 is 4.90 Å². The third-order valence-corrected chi connectivity index (χ3v) is 8.20. The molecule has 5 atom stereocenters. The maximum Gasteiger partial charge on any atom is 0.313 e. The molecule has 2 unspecified atom stereocenters. The molecule has 3 heterocycles. The number of fused-ring (bicyclic) bond motifs is 1. The molecule has 2 amide bonds. The number of anilines is 1. The smallest absolute Gasteiger partial charge is 0.313 e. The van der Waals surface area contributed by atoms with Crippen LogP contribution in [0.3, 0.4) is 0 Å². The molecule has 37 heavy (non-hydrogen) atoms. The second-order valence-electron chi connectivity index (χ2n) is 10.6. The summed E-state index contributed by atoms with van der Waals surface area (Å²) >= 11 is 0. The van der Waals surface area contributed by atoms with Gasteiger partial charge < -0.3 is 24.4 Å². The van der Waals surface area contributed by atoms with Gasteiger partial charge in [-0.25, -0.2) is 0 Å². The SMILES string of the molecule is C=CCOC(=O)[C@H]1[C@H]2C(=O)N(CCCCO)C(C(=O)N(CC=C)c3c(C)cccc3C)C23CC[C@]1(C)O3. The molecule has 8 heteroatoms.